The number of amides is 3. The molecule has 2 fully saturated rings. The van der Waals surface area contributed by atoms with Gasteiger partial charge in [0.05, 0.1) is 17.1 Å². The van der Waals surface area contributed by atoms with Crippen LogP contribution in [0.15, 0.2) is 24.3 Å². The Kier molecular flexibility index (Phi) is 4.99. The van der Waals surface area contributed by atoms with Gasteiger partial charge in [0.1, 0.15) is 12.1 Å². The lowest BCUT2D eigenvalue weighted by Gasteiger charge is -2.46. The van der Waals surface area contributed by atoms with Gasteiger partial charge in [-0.3, -0.25) is 14.4 Å². The summed E-state index contributed by atoms with van der Waals surface area (Å²) in [6.07, 6.45) is 0.812. The van der Waals surface area contributed by atoms with Gasteiger partial charge in [-0.15, -0.1) is 0 Å². The molecule has 3 rings (SSSR count). The van der Waals surface area contributed by atoms with Crippen molar-refractivity contribution in [2.45, 2.75) is 32.4 Å². The molecule has 0 unspecified atom stereocenters. The van der Waals surface area contributed by atoms with Crippen LogP contribution in [0, 0.1) is 5.92 Å². The molecule has 1 N–H and O–H groups in total. The molecule has 2 aliphatic rings. The molecule has 0 aliphatic carbocycles. The van der Waals surface area contributed by atoms with Crippen LogP contribution in [0.3, 0.4) is 0 Å². The number of piperazine rings is 2. The molecule has 25 heavy (non-hydrogen) atoms. The topological polar surface area (TPSA) is 69.7 Å². The second-order valence-corrected chi connectivity index (χ2v) is 7.06. The molecule has 0 radical (unpaired) electrons. The Morgan fingerprint density at radius 1 is 1.32 bits per heavy atom. The fourth-order valence-corrected chi connectivity index (χ4v) is 3.59. The van der Waals surface area contributed by atoms with Crippen molar-refractivity contribution in [3.05, 3.63) is 34.9 Å². The van der Waals surface area contributed by atoms with E-state index >= 15 is 0 Å². The van der Waals surface area contributed by atoms with Crippen molar-refractivity contribution in [1.29, 1.82) is 0 Å². The molecule has 3 amide bonds. The highest BCUT2D eigenvalue weighted by atomic mass is 35.5. The zero-order chi connectivity index (χ0) is 18.1. The lowest BCUT2D eigenvalue weighted by molar-refractivity contribution is -0.153. The van der Waals surface area contributed by atoms with Gasteiger partial charge in [-0.1, -0.05) is 44.0 Å². The number of hydrogen-bond donors (Lipinski definition) is 1. The summed E-state index contributed by atoms with van der Waals surface area (Å²) >= 11 is 6.11. The molecule has 3 atom stereocenters. The summed E-state index contributed by atoms with van der Waals surface area (Å²) in [4.78, 5) is 41.1. The number of nitrogens with zero attached hydrogens (tertiary/aromatic N) is 2. The van der Waals surface area contributed by atoms with E-state index in [4.69, 9.17) is 11.6 Å². The Labute approximate surface area is 152 Å². The van der Waals surface area contributed by atoms with Gasteiger partial charge in [0.25, 0.3) is 5.91 Å². The first-order chi connectivity index (χ1) is 11.9. The van der Waals surface area contributed by atoms with Crippen molar-refractivity contribution in [3.63, 3.8) is 0 Å². The van der Waals surface area contributed by atoms with Crippen molar-refractivity contribution in [1.82, 2.24) is 15.1 Å². The van der Waals surface area contributed by atoms with Crippen molar-refractivity contribution >= 4 is 29.3 Å². The minimum absolute atomic E-state index is 0.0520. The lowest BCUT2D eigenvalue weighted by atomic mass is 9.93. The molecule has 2 aliphatic heterocycles. The van der Waals surface area contributed by atoms with Gasteiger partial charge < -0.3 is 15.1 Å². The van der Waals surface area contributed by atoms with Crippen LogP contribution in [0.2, 0.25) is 5.02 Å². The summed E-state index contributed by atoms with van der Waals surface area (Å²) < 4.78 is 0. The van der Waals surface area contributed by atoms with Gasteiger partial charge in [0.2, 0.25) is 11.8 Å². The van der Waals surface area contributed by atoms with Crippen molar-refractivity contribution < 1.29 is 14.4 Å². The van der Waals surface area contributed by atoms with Gasteiger partial charge in [0, 0.05) is 13.1 Å². The van der Waals surface area contributed by atoms with Gasteiger partial charge in [-0.2, -0.15) is 0 Å². The smallest absolute Gasteiger partial charge is 0.255 e. The summed E-state index contributed by atoms with van der Waals surface area (Å²) in [7, 11) is 0. The van der Waals surface area contributed by atoms with E-state index in [9.17, 15) is 14.4 Å². The summed E-state index contributed by atoms with van der Waals surface area (Å²) in [5.74, 6) is -0.375. The van der Waals surface area contributed by atoms with Gasteiger partial charge in [-0.05, 0) is 18.1 Å². The van der Waals surface area contributed by atoms with E-state index < -0.39 is 12.1 Å². The van der Waals surface area contributed by atoms with Crippen molar-refractivity contribution in [2.24, 2.45) is 5.92 Å². The molecule has 0 saturated carbocycles. The highest BCUT2D eigenvalue weighted by Gasteiger charge is 2.45. The first-order valence-electron chi connectivity index (χ1n) is 8.58. The summed E-state index contributed by atoms with van der Waals surface area (Å²) in [5.41, 5.74) is 0.414. The Hall–Kier alpha value is -2.08. The second kappa shape index (κ2) is 7.04. The normalized spacial score (nSPS) is 24.6. The predicted molar refractivity (Wildman–Crippen MR) is 94.2 cm³/mol. The molecule has 2 saturated heterocycles. The van der Waals surface area contributed by atoms with Gasteiger partial charge in [0.15, 0.2) is 0 Å². The van der Waals surface area contributed by atoms with Crippen LogP contribution in [0.5, 0.6) is 0 Å². The number of benzene rings is 1. The quantitative estimate of drug-likeness (QED) is 0.885. The molecule has 134 valence electrons. The van der Waals surface area contributed by atoms with E-state index in [1.54, 1.807) is 34.1 Å². The Balaban J connectivity index is 1.76. The third kappa shape index (κ3) is 3.23. The van der Waals surface area contributed by atoms with E-state index in [1.165, 1.54) is 0 Å². The number of carbonyl (C=O) groups excluding carboxylic acids is 3. The fraction of sp³-hybridized carbons (Fsp3) is 0.500. The highest BCUT2D eigenvalue weighted by Crippen LogP contribution is 2.23. The standard InChI is InChI=1S/C18H22ClN3O3/c1-3-11(2)15-18(25)22-9-8-21(10-14(22)16(23)20-15)17(24)12-6-4-5-7-13(12)19/h4-7,11,14-15H,3,8-10H2,1-2H3,(H,20,23)/t11-,14+,15-/m0/s1. The number of rotatable bonds is 3. The molecule has 6 nitrogen and oxygen atoms in total. The maximum absolute atomic E-state index is 12.7. The minimum Gasteiger partial charge on any atom is -0.342 e. The van der Waals surface area contributed by atoms with Gasteiger partial charge >= 0.3 is 0 Å². The molecule has 0 bridgehead atoms. The van der Waals surface area contributed by atoms with Crippen LogP contribution in [0.25, 0.3) is 0 Å². The van der Waals surface area contributed by atoms with Crippen LogP contribution in [0.4, 0.5) is 0 Å². The number of hydrogen-bond acceptors (Lipinski definition) is 3. The third-order valence-corrected chi connectivity index (χ3v) is 5.46. The molecule has 7 heteroatoms. The summed E-state index contributed by atoms with van der Waals surface area (Å²) in [6, 6.07) is 5.75. The maximum Gasteiger partial charge on any atom is 0.255 e. The molecular weight excluding hydrogens is 342 g/mol. The monoisotopic (exact) mass is 363 g/mol. The average Bonchev–Trinajstić information content (AvgIpc) is 2.63. The van der Waals surface area contributed by atoms with E-state index in [1.807, 2.05) is 13.8 Å². The first kappa shape index (κ1) is 17.7. The van der Waals surface area contributed by atoms with Crippen LogP contribution in [-0.2, 0) is 9.59 Å². The SMILES string of the molecule is CC[C@H](C)[C@@H]1NC(=O)[C@H]2CN(C(=O)c3ccccc3Cl)CCN2C1=O. The third-order valence-electron chi connectivity index (χ3n) is 5.13. The molecule has 1 aromatic rings. The second-order valence-electron chi connectivity index (χ2n) is 6.65. The van der Waals surface area contributed by atoms with Crippen molar-refractivity contribution in [2.75, 3.05) is 19.6 Å². The van der Waals surface area contributed by atoms with Gasteiger partial charge in [-0.25, -0.2) is 0 Å². The van der Waals surface area contributed by atoms with E-state index in [2.05, 4.69) is 5.32 Å². The average molecular weight is 364 g/mol. The van der Waals surface area contributed by atoms with Crippen LogP contribution >= 0.6 is 11.6 Å². The summed E-state index contributed by atoms with van der Waals surface area (Å²) in [5, 5.41) is 3.22. The van der Waals surface area contributed by atoms with Crippen LogP contribution in [-0.4, -0.2) is 59.2 Å². The number of fused-ring (bicyclic) bond motifs is 1. The first-order valence-corrected chi connectivity index (χ1v) is 8.96. The van der Waals surface area contributed by atoms with E-state index in [0.29, 0.717) is 23.7 Å². The zero-order valence-corrected chi connectivity index (χ0v) is 15.1. The Morgan fingerprint density at radius 2 is 2.04 bits per heavy atom. The Morgan fingerprint density at radius 3 is 2.72 bits per heavy atom. The lowest BCUT2D eigenvalue weighted by Crippen LogP contribution is -2.70. The van der Waals surface area contributed by atoms with Crippen LogP contribution < -0.4 is 5.32 Å². The minimum atomic E-state index is -0.631. The molecule has 1 aromatic carbocycles. The fourth-order valence-electron chi connectivity index (χ4n) is 3.37. The van der Waals surface area contributed by atoms with E-state index in [-0.39, 0.29) is 30.2 Å². The zero-order valence-electron chi connectivity index (χ0n) is 14.4. The van der Waals surface area contributed by atoms with Crippen LogP contribution in [0.1, 0.15) is 30.6 Å². The molecule has 0 aromatic heterocycles. The Bertz CT molecular complexity index is 709. The van der Waals surface area contributed by atoms with Crippen molar-refractivity contribution in [3.8, 4) is 0 Å². The summed E-state index contributed by atoms with van der Waals surface area (Å²) in [6.45, 7) is 4.90. The van der Waals surface area contributed by atoms with E-state index in [0.717, 1.165) is 6.42 Å². The molecule has 0 spiro atoms. The molecule has 2 heterocycles. The highest BCUT2D eigenvalue weighted by molar-refractivity contribution is 6.33. The number of nitrogens with one attached hydrogen (secondary N) is 1. The number of carbonyl (C=O) groups is 3. The maximum atomic E-state index is 12.7. The predicted octanol–water partition coefficient (Wildman–Crippen LogP) is 1.54. The largest absolute Gasteiger partial charge is 0.342 e. The number of halogens is 1. The molecular formula is C18H22ClN3O3.